The van der Waals surface area contributed by atoms with Gasteiger partial charge < -0.3 is 36.0 Å². The van der Waals surface area contributed by atoms with Crippen LogP contribution in [0.1, 0.15) is 18.9 Å². The maximum atomic E-state index is 12.6. The van der Waals surface area contributed by atoms with Crippen molar-refractivity contribution in [3.05, 3.63) is 42.3 Å². The Morgan fingerprint density at radius 2 is 1.97 bits per heavy atom. The fraction of sp³-hybridized carbons (Fsp3) is 0.474. The summed E-state index contributed by atoms with van der Waals surface area (Å²) in [5.74, 6) is 0.156. The number of imidazole rings is 1. The summed E-state index contributed by atoms with van der Waals surface area (Å²) in [5, 5.41) is 21.0. The SMILES string of the molecule is [CH2][C@H]1O[C@@H](n2ccc(N)nc2=O)C[C@@H]1OP(=O)(O)OC[C@H]1O[C@@H](n2cnc3c(N)ncnc32)[C@H](O)[C@H]1O. The van der Waals surface area contributed by atoms with Crippen LogP contribution in [0.15, 0.2) is 29.7 Å². The number of rotatable bonds is 7. The van der Waals surface area contributed by atoms with Gasteiger partial charge in [-0.3, -0.25) is 18.2 Å². The van der Waals surface area contributed by atoms with E-state index in [-0.39, 0.29) is 29.2 Å². The van der Waals surface area contributed by atoms with Crippen LogP contribution in [0, 0.1) is 6.92 Å². The van der Waals surface area contributed by atoms with E-state index in [1.54, 1.807) is 0 Å². The van der Waals surface area contributed by atoms with Crippen LogP contribution in [-0.4, -0.2) is 81.3 Å². The number of fused-ring (bicyclic) bond motifs is 1. The maximum Gasteiger partial charge on any atom is 0.472 e. The van der Waals surface area contributed by atoms with E-state index < -0.39 is 63.1 Å². The molecular weight excluding hydrogens is 515 g/mol. The number of aromatic nitrogens is 6. The molecule has 5 rings (SSSR count). The molecule has 2 aliphatic rings. The van der Waals surface area contributed by atoms with Crippen molar-refractivity contribution in [2.75, 3.05) is 18.1 Å². The van der Waals surface area contributed by atoms with E-state index in [4.69, 9.17) is 30.0 Å². The number of phosphoric acid groups is 1. The molecule has 0 bridgehead atoms. The van der Waals surface area contributed by atoms with Crippen LogP contribution in [-0.2, 0) is 23.1 Å². The van der Waals surface area contributed by atoms with E-state index in [1.807, 2.05) is 0 Å². The molecule has 18 heteroatoms. The van der Waals surface area contributed by atoms with Gasteiger partial charge in [-0.2, -0.15) is 4.98 Å². The second kappa shape index (κ2) is 9.70. The van der Waals surface area contributed by atoms with Crippen molar-refractivity contribution in [3.63, 3.8) is 0 Å². The number of ether oxygens (including phenoxy) is 2. The molecule has 8 atom stereocenters. The summed E-state index contributed by atoms with van der Waals surface area (Å²) in [6.07, 6.45) is -4.15. The van der Waals surface area contributed by atoms with Gasteiger partial charge in [0.1, 0.15) is 42.2 Å². The summed E-state index contributed by atoms with van der Waals surface area (Å²) in [5.41, 5.74) is 11.1. The molecule has 2 saturated heterocycles. The number of nitrogens with two attached hydrogens (primary N) is 2. The molecule has 3 aromatic heterocycles. The number of nitrogens with zero attached hydrogens (tertiary/aromatic N) is 6. The van der Waals surface area contributed by atoms with Crippen molar-refractivity contribution in [2.45, 2.75) is 49.4 Å². The lowest BCUT2D eigenvalue weighted by molar-refractivity contribution is -0.0534. The summed E-state index contributed by atoms with van der Waals surface area (Å²) >= 11 is 0. The second-order valence-corrected chi connectivity index (χ2v) is 9.85. The maximum absolute atomic E-state index is 12.6. The van der Waals surface area contributed by atoms with Crippen molar-refractivity contribution >= 4 is 30.6 Å². The zero-order valence-corrected chi connectivity index (χ0v) is 19.9. The molecule has 7 N–H and O–H groups in total. The Balaban J connectivity index is 1.21. The first-order valence-corrected chi connectivity index (χ1v) is 12.5. The third-order valence-corrected chi connectivity index (χ3v) is 7.02. The van der Waals surface area contributed by atoms with Crippen molar-refractivity contribution < 1.29 is 38.2 Å². The molecular formula is C19H24N8O9P. The van der Waals surface area contributed by atoms with E-state index in [1.165, 1.54) is 29.5 Å². The largest absolute Gasteiger partial charge is 0.472 e. The normalized spacial score (nSPS) is 31.6. The van der Waals surface area contributed by atoms with Gasteiger partial charge in [-0.1, -0.05) is 0 Å². The molecule has 1 radical (unpaired) electrons. The molecule has 0 aliphatic carbocycles. The van der Waals surface area contributed by atoms with Crippen LogP contribution in [0.25, 0.3) is 11.2 Å². The third-order valence-electron chi connectivity index (χ3n) is 6.01. The molecule has 0 aromatic carbocycles. The first-order valence-electron chi connectivity index (χ1n) is 11.0. The standard InChI is InChI=1S/C19H24N8O9P/c1-8-9(4-12(34-8)26-3-2-11(20)25-19(26)30)36-37(31,32)33-5-10-14(28)15(29)18(35-10)27-7-24-13-16(21)22-6-23-17(13)27/h2-3,6-10,12,14-15,18,28-29H,1,4-5H2,(H,31,32)(H2,20,25,30)(H2,21,22,23)/t8-,9+,10-,12-,14+,15-,18-/m1/s1. The van der Waals surface area contributed by atoms with Gasteiger partial charge >= 0.3 is 13.5 Å². The summed E-state index contributed by atoms with van der Waals surface area (Å²) in [4.78, 5) is 37.9. The summed E-state index contributed by atoms with van der Waals surface area (Å²) in [7, 11) is -4.71. The fourth-order valence-electron chi connectivity index (χ4n) is 4.15. The molecule has 0 saturated carbocycles. The van der Waals surface area contributed by atoms with Gasteiger partial charge in [-0.05, 0) is 13.0 Å². The van der Waals surface area contributed by atoms with E-state index >= 15 is 0 Å². The van der Waals surface area contributed by atoms with Crippen molar-refractivity contribution in [1.82, 2.24) is 29.1 Å². The Labute approximate surface area is 208 Å². The predicted octanol–water partition coefficient (Wildman–Crippen LogP) is -1.51. The van der Waals surface area contributed by atoms with Gasteiger partial charge in [0.2, 0.25) is 0 Å². The Bertz CT molecular complexity index is 1400. The predicted molar refractivity (Wildman–Crippen MR) is 123 cm³/mol. The topological polar surface area (TPSA) is 245 Å². The highest BCUT2D eigenvalue weighted by atomic mass is 31.2. The number of anilines is 2. The number of nitrogen functional groups attached to an aromatic ring is 2. The summed E-state index contributed by atoms with van der Waals surface area (Å²) in [6, 6.07) is 1.40. The molecule has 199 valence electrons. The first-order chi connectivity index (χ1) is 17.5. The zero-order chi connectivity index (χ0) is 26.5. The number of hydrogen-bond acceptors (Lipinski definition) is 14. The van der Waals surface area contributed by atoms with E-state index in [9.17, 15) is 24.5 Å². The average molecular weight is 539 g/mol. The molecule has 5 heterocycles. The highest BCUT2D eigenvalue weighted by molar-refractivity contribution is 7.47. The number of phosphoric ester groups is 1. The van der Waals surface area contributed by atoms with Crippen molar-refractivity contribution in [3.8, 4) is 0 Å². The minimum atomic E-state index is -4.71. The van der Waals surface area contributed by atoms with E-state index in [0.717, 1.165) is 4.57 Å². The van der Waals surface area contributed by atoms with Crippen LogP contribution in [0.5, 0.6) is 0 Å². The highest BCUT2D eigenvalue weighted by Gasteiger charge is 2.46. The molecule has 37 heavy (non-hydrogen) atoms. The van der Waals surface area contributed by atoms with Gasteiger partial charge in [0, 0.05) is 12.6 Å². The van der Waals surface area contributed by atoms with Gasteiger partial charge in [-0.25, -0.2) is 24.3 Å². The first kappa shape index (κ1) is 25.6. The summed E-state index contributed by atoms with van der Waals surface area (Å²) < 4.78 is 36.6. The Morgan fingerprint density at radius 3 is 2.73 bits per heavy atom. The molecule has 2 aliphatic heterocycles. The van der Waals surface area contributed by atoms with Crippen LogP contribution in [0.2, 0.25) is 0 Å². The number of hydrogen-bond donors (Lipinski definition) is 5. The minimum Gasteiger partial charge on any atom is -0.387 e. The molecule has 1 unspecified atom stereocenters. The van der Waals surface area contributed by atoms with Crippen LogP contribution >= 0.6 is 7.82 Å². The Hall–Kier alpha value is -3.02. The molecule has 0 amide bonds. The quantitative estimate of drug-likeness (QED) is 0.214. The van der Waals surface area contributed by atoms with Gasteiger partial charge in [0.25, 0.3) is 0 Å². The monoisotopic (exact) mass is 539 g/mol. The van der Waals surface area contributed by atoms with Crippen molar-refractivity contribution in [2.24, 2.45) is 0 Å². The van der Waals surface area contributed by atoms with Gasteiger partial charge in [0.15, 0.2) is 17.7 Å². The van der Waals surface area contributed by atoms with Gasteiger partial charge in [-0.15, -0.1) is 0 Å². The second-order valence-electron chi connectivity index (χ2n) is 8.44. The lowest BCUT2D eigenvalue weighted by Gasteiger charge is -2.21. The van der Waals surface area contributed by atoms with E-state index in [2.05, 4.69) is 26.9 Å². The smallest absolute Gasteiger partial charge is 0.387 e. The van der Waals surface area contributed by atoms with Crippen LogP contribution < -0.4 is 17.2 Å². The Morgan fingerprint density at radius 1 is 1.19 bits per heavy atom. The van der Waals surface area contributed by atoms with Crippen molar-refractivity contribution in [1.29, 1.82) is 0 Å². The summed E-state index contributed by atoms with van der Waals surface area (Å²) in [6.45, 7) is 3.13. The number of aliphatic hydroxyl groups excluding tert-OH is 2. The van der Waals surface area contributed by atoms with Crippen LogP contribution in [0.4, 0.5) is 11.6 Å². The fourth-order valence-corrected chi connectivity index (χ4v) is 5.11. The molecule has 2 fully saturated rings. The molecule has 0 spiro atoms. The highest BCUT2D eigenvalue weighted by Crippen LogP contribution is 2.49. The van der Waals surface area contributed by atoms with Gasteiger partial charge in [0.05, 0.1) is 25.1 Å². The average Bonchev–Trinajstić information content (AvgIpc) is 3.50. The lowest BCUT2D eigenvalue weighted by atomic mass is 10.1. The van der Waals surface area contributed by atoms with Crippen LogP contribution in [0.3, 0.4) is 0 Å². The number of aliphatic hydroxyl groups is 2. The third kappa shape index (κ3) is 4.95. The Kier molecular flexibility index (Phi) is 6.71. The molecule has 17 nitrogen and oxygen atoms in total. The minimum absolute atomic E-state index is 0.00435. The zero-order valence-electron chi connectivity index (χ0n) is 19.0. The molecule has 3 aromatic rings. The van der Waals surface area contributed by atoms with E-state index in [0.29, 0.717) is 0 Å². The lowest BCUT2D eigenvalue weighted by Crippen LogP contribution is -2.33.